The van der Waals surface area contributed by atoms with Crippen molar-refractivity contribution in [3.8, 4) is 11.5 Å². The maximum absolute atomic E-state index is 12.4. The van der Waals surface area contributed by atoms with Crippen LogP contribution in [0.25, 0.3) is 11.5 Å². The molecule has 1 aromatic heterocycles. The zero-order valence-corrected chi connectivity index (χ0v) is 16.1. The van der Waals surface area contributed by atoms with Gasteiger partial charge in [0, 0.05) is 37.2 Å². The molecule has 0 N–H and O–H groups in total. The zero-order valence-electron chi connectivity index (χ0n) is 15.3. The van der Waals surface area contributed by atoms with Crippen molar-refractivity contribution >= 4 is 15.7 Å². The minimum absolute atomic E-state index is 0.0673. The number of hydrogen-bond acceptors (Lipinski definition) is 6. The number of sulfone groups is 1. The summed E-state index contributed by atoms with van der Waals surface area (Å²) in [6, 6.07) is 16.1. The number of hydrogen-bond donors (Lipinski definition) is 0. The van der Waals surface area contributed by atoms with Crippen molar-refractivity contribution in [3.63, 3.8) is 0 Å². The van der Waals surface area contributed by atoms with Crippen LogP contribution in [0.1, 0.15) is 23.7 Å². The number of nitrogens with zero attached hydrogens (tertiary/aromatic N) is 3. The van der Waals surface area contributed by atoms with Crippen LogP contribution < -0.4 is 0 Å². The Hall–Kier alpha value is -3.00. The molecule has 0 bridgehead atoms. The van der Waals surface area contributed by atoms with E-state index in [1.165, 1.54) is 12.1 Å². The first-order valence-corrected chi connectivity index (χ1v) is 10.7. The van der Waals surface area contributed by atoms with Crippen molar-refractivity contribution in [2.45, 2.75) is 23.8 Å². The molecule has 4 rings (SSSR count). The second-order valence-corrected chi connectivity index (χ2v) is 8.93. The molecule has 28 heavy (non-hydrogen) atoms. The average Bonchev–Trinajstić information content (AvgIpc) is 3.30. The van der Waals surface area contributed by atoms with E-state index in [9.17, 15) is 13.2 Å². The topological polar surface area (TPSA) is 93.4 Å². The van der Waals surface area contributed by atoms with Crippen molar-refractivity contribution in [1.82, 2.24) is 15.0 Å². The lowest BCUT2D eigenvalue weighted by Crippen LogP contribution is -2.24. The first-order valence-electron chi connectivity index (χ1n) is 8.86. The highest BCUT2D eigenvalue weighted by molar-refractivity contribution is 7.90. The SMILES string of the molecule is CS(=O)(=O)c1ccc(-c2nc(C3CC(=O)N(Cc4ccccc4)C3)no2)cc1. The van der Waals surface area contributed by atoms with Crippen molar-refractivity contribution in [3.05, 3.63) is 66.0 Å². The summed E-state index contributed by atoms with van der Waals surface area (Å²) in [5, 5.41) is 4.04. The molecule has 1 atom stereocenters. The minimum Gasteiger partial charge on any atom is -0.338 e. The summed E-state index contributed by atoms with van der Waals surface area (Å²) in [4.78, 5) is 18.8. The first kappa shape index (κ1) is 18.4. The third-order valence-corrected chi connectivity index (χ3v) is 5.90. The van der Waals surface area contributed by atoms with Gasteiger partial charge in [0.2, 0.25) is 5.91 Å². The minimum atomic E-state index is -3.26. The van der Waals surface area contributed by atoms with Crippen LogP contribution in [0.5, 0.6) is 0 Å². The number of amides is 1. The van der Waals surface area contributed by atoms with Gasteiger partial charge < -0.3 is 9.42 Å². The summed E-state index contributed by atoms with van der Waals surface area (Å²) < 4.78 is 28.5. The highest BCUT2D eigenvalue weighted by Gasteiger charge is 2.33. The van der Waals surface area contributed by atoms with Gasteiger partial charge in [0.1, 0.15) is 0 Å². The van der Waals surface area contributed by atoms with E-state index in [1.807, 2.05) is 30.3 Å². The highest BCUT2D eigenvalue weighted by atomic mass is 32.2. The summed E-state index contributed by atoms with van der Waals surface area (Å²) >= 11 is 0. The lowest BCUT2D eigenvalue weighted by Gasteiger charge is -2.15. The standard InChI is InChI=1S/C20H19N3O4S/c1-28(25,26)17-9-7-15(8-10-17)20-21-19(22-27-20)16-11-18(24)23(13-16)12-14-5-3-2-4-6-14/h2-10,16H,11-13H2,1H3. The molecule has 144 valence electrons. The monoisotopic (exact) mass is 397 g/mol. The quantitative estimate of drug-likeness (QED) is 0.657. The summed E-state index contributed by atoms with van der Waals surface area (Å²) in [6.07, 6.45) is 1.50. The molecule has 1 amide bonds. The lowest BCUT2D eigenvalue weighted by atomic mass is 10.1. The van der Waals surface area contributed by atoms with Crippen LogP contribution in [0.4, 0.5) is 0 Å². The summed E-state index contributed by atoms with van der Waals surface area (Å²) in [5.41, 5.74) is 1.72. The van der Waals surface area contributed by atoms with Crippen LogP contribution in [-0.2, 0) is 21.2 Å². The molecule has 0 saturated carbocycles. The van der Waals surface area contributed by atoms with E-state index in [0.29, 0.717) is 36.8 Å². The number of benzene rings is 2. The summed E-state index contributed by atoms with van der Waals surface area (Å²) in [5.74, 6) is 0.747. The fourth-order valence-electron chi connectivity index (χ4n) is 3.26. The fourth-order valence-corrected chi connectivity index (χ4v) is 3.89. The van der Waals surface area contributed by atoms with E-state index in [4.69, 9.17) is 4.52 Å². The Morgan fingerprint density at radius 2 is 1.82 bits per heavy atom. The van der Waals surface area contributed by atoms with Gasteiger partial charge in [0.25, 0.3) is 5.89 Å². The van der Waals surface area contributed by atoms with Crippen molar-refractivity contribution in [2.24, 2.45) is 0 Å². The van der Waals surface area contributed by atoms with E-state index in [1.54, 1.807) is 17.0 Å². The molecular formula is C20H19N3O4S. The number of likely N-dealkylation sites (tertiary alicyclic amines) is 1. The summed E-state index contributed by atoms with van der Waals surface area (Å²) in [7, 11) is -3.26. The molecule has 0 radical (unpaired) electrons. The van der Waals surface area contributed by atoms with Crippen LogP contribution in [0.15, 0.2) is 64.0 Å². The fraction of sp³-hybridized carbons (Fsp3) is 0.250. The van der Waals surface area contributed by atoms with Crippen LogP contribution in [-0.4, -0.2) is 42.2 Å². The van der Waals surface area contributed by atoms with Gasteiger partial charge in [-0.2, -0.15) is 4.98 Å². The second kappa shape index (κ2) is 7.20. The molecule has 1 saturated heterocycles. The molecule has 2 heterocycles. The average molecular weight is 397 g/mol. The third kappa shape index (κ3) is 3.82. The number of carbonyl (C=O) groups is 1. The van der Waals surface area contributed by atoms with Gasteiger partial charge >= 0.3 is 0 Å². The molecule has 1 fully saturated rings. The van der Waals surface area contributed by atoms with Crippen LogP contribution in [0, 0.1) is 0 Å². The van der Waals surface area contributed by atoms with Crippen LogP contribution in [0.3, 0.4) is 0 Å². The maximum atomic E-state index is 12.4. The number of aromatic nitrogens is 2. The molecule has 8 heteroatoms. The van der Waals surface area contributed by atoms with Gasteiger partial charge in [0.05, 0.1) is 4.90 Å². The predicted molar refractivity (Wildman–Crippen MR) is 102 cm³/mol. The second-order valence-electron chi connectivity index (χ2n) is 6.92. The Bertz CT molecular complexity index is 1090. The molecule has 7 nitrogen and oxygen atoms in total. The van der Waals surface area contributed by atoms with Gasteiger partial charge in [0.15, 0.2) is 15.7 Å². The molecule has 3 aromatic rings. The van der Waals surface area contributed by atoms with Gasteiger partial charge in [-0.1, -0.05) is 35.5 Å². The van der Waals surface area contributed by atoms with E-state index >= 15 is 0 Å². The van der Waals surface area contributed by atoms with E-state index in [2.05, 4.69) is 10.1 Å². The molecule has 0 spiro atoms. The van der Waals surface area contributed by atoms with Gasteiger partial charge in [-0.3, -0.25) is 4.79 Å². The van der Waals surface area contributed by atoms with Gasteiger partial charge in [-0.25, -0.2) is 8.42 Å². The lowest BCUT2D eigenvalue weighted by molar-refractivity contribution is -0.128. The Kier molecular flexibility index (Phi) is 4.72. The van der Waals surface area contributed by atoms with E-state index in [-0.39, 0.29) is 16.7 Å². The number of rotatable bonds is 5. The van der Waals surface area contributed by atoms with Crippen molar-refractivity contribution < 1.29 is 17.7 Å². The maximum Gasteiger partial charge on any atom is 0.257 e. The Balaban J connectivity index is 1.48. The van der Waals surface area contributed by atoms with E-state index < -0.39 is 9.84 Å². The van der Waals surface area contributed by atoms with E-state index in [0.717, 1.165) is 11.8 Å². The molecule has 0 aliphatic carbocycles. The number of carbonyl (C=O) groups excluding carboxylic acids is 1. The predicted octanol–water partition coefficient (Wildman–Crippen LogP) is 2.66. The first-order chi connectivity index (χ1) is 13.4. The van der Waals surface area contributed by atoms with Crippen LogP contribution in [0.2, 0.25) is 0 Å². The Morgan fingerprint density at radius 1 is 1.11 bits per heavy atom. The molecular weight excluding hydrogens is 378 g/mol. The van der Waals surface area contributed by atoms with Crippen LogP contribution >= 0.6 is 0 Å². The molecule has 1 unspecified atom stereocenters. The Labute approximate surface area is 162 Å². The molecule has 1 aliphatic rings. The van der Waals surface area contributed by atoms with Crippen molar-refractivity contribution in [1.29, 1.82) is 0 Å². The summed E-state index contributed by atoms with van der Waals surface area (Å²) in [6.45, 7) is 1.10. The largest absolute Gasteiger partial charge is 0.338 e. The van der Waals surface area contributed by atoms with Crippen molar-refractivity contribution in [2.75, 3.05) is 12.8 Å². The normalized spacial score (nSPS) is 17.2. The zero-order chi connectivity index (χ0) is 19.7. The van der Waals surface area contributed by atoms with Gasteiger partial charge in [-0.05, 0) is 29.8 Å². The van der Waals surface area contributed by atoms with Gasteiger partial charge in [-0.15, -0.1) is 0 Å². The Morgan fingerprint density at radius 3 is 2.50 bits per heavy atom. The highest BCUT2D eigenvalue weighted by Crippen LogP contribution is 2.29. The molecule has 2 aromatic carbocycles. The smallest absolute Gasteiger partial charge is 0.257 e. The molecule has 1 aliphatic heterocycles. The third-order valence-electron chi connectivity index (χ3n) is 4.77.